The molecule has 0 radical (unpaired) electrons. The lowest BCUT2D eigenvalue weighted by molar-refractivity contribution is 0.208. The molecule has 25 heavy (non-hydrogen) atoms. The van der Waals surface area contributed by atoms with Gasteiger partial charge in [-0.1, -0.05) is 6.07 Å². The van der Waals surface area contributed by atoms with Crippen LogP contribution in [0.25, 0.3) is 0 Å². The summed E-state index contributed by atoms with van der Waals surface area (Å²) < 4.78 is 31.5. The van der Waals surface area contributed by atoms with Gasteiger partial charge in [0.1, 0.15) is 5.75 Å². The largest absolute Gasteiger partial charge is 0.497 e. The number of carbonyl (C=O) groups excluding carboxylic acids is 1. The van der Waals surface area contributed by atoms with Crippen molar-refractivity contribution in [3.8, 4) is 5.75 Å². The average molecular weight is 347 g/mol. The molecule has 1 aliphatic heterocycles. The molecule has 0 atom stereocenters. The molecule has 0 aromatic heterocycles. The number of amides is 2. The number of methoxy groups -OCH3 is 1. The number of carbonyl (C=O) groups is 1. The molecule has 2 amide bonds. The van der Waals surface area contributed by atoms with Crippen molar-refractivity contribution in [2.45, 2.75) is 0 Å². The third kappa shape index (κ3) is 3.99. The Balaban J connectivity index is 1.57. The van der Waals surface area contributed by atoms with E-state index in [2.05, 4.69) is 5.32 Å². The van der Waals surface area contributed by atoms with Gasteiger partial charge in [0.05, 0.1) is 7.11 Å². The quantitative estimate of drug-likeness (QED) is 0.926. The molecular formula is C18H19F2N3O2. The van der Waals surface area contributed by atoms with Crippen molar-refractivity contribution in [1.29, 1.82) is 0 Å². The Hall–Kier alpha value is -2.83. The van der Waals surface area contributed by atoms with E-state index in [9.17, 15) is 13.6 Å². The summed E-state index contributed by atoms with van der Waals surface area (Å²) in [4.78, 5) is 16.0. The first-order chi connectivity index (χ1) is 12.1. The summed E-state index contributed by atoms with van der Waals surface area (Å²) in [7, 11) is 1.57. The minimum absolute atomic E-state index is 0.196. The predicted octanol–water partition coefficient (Wildman–Crippen LogP) is 3.33. The molecule has 1 saturated heterocycles. The Morgan fingerprint density at radius 3 is 2.48 bits per heavy atom. The first-order valence-corrected chi connectivity index (χ1v) is 7.97. The highest BCUT2D eigenvalue weighted by molar-refractivity contribution is 5.89. The molecule has 2 aromatic rings. The van der Waals surface area contributed by atoms with Gasteiger partial charge < -0.3 is 19.9 Å². The fraction of sp³-hybridized carbons (Fsp3) is 0.278. The van der Waals surface area contributed by atoms with Crippen molar-refractivity contribution >= 4 is 17.4 Å². The maximum Gasteiger partial charge on any atom is 0.321 e. The molecule has 2 aromatic carbocycles. The van der Waals surface area contributed by atoms with Gasteiger partial charge in [0.15, 0.2) is 11.6 Å². The van der Waals surface area contributed by atoms with Crippen LogP contribution < -0.4 is 15.0 Å². The second-order valence-corrected chi connectivity index (χ2v) is 5.73. The maximum absolute atomic E-state index is 13.4. The van der Waals surface area contributed by atoms with E-state index in [0.717, 1.165) is 6.07 Å². The second kappa shape index (κ2) is 7.38. The van der Waals surface area contributed by atoms with Crippen molar-refractivity contribution in [2.75, 3.05) is 43.5 Å². The Kier molecular flexibility index (Phi) is 5.02. The zero-order valence-electron chi connectivity index (χ0n) is 13.8. The van der Waals surface area contributed by atoms with Crippen LogP contribution in [0, 0.1) is 11.6 Å². The molecule has 0 unspecified atom stereocenters. The van der Waals surface area contributed by atoms with Crippen LogP contribution in [0.2, 0.25) is 0 Å². The van der Waals surface area contributed by atoms with Crippen LogP contribution in [0.15, 0.2) is 42.5 Å². The highest BCUT2D eigenvalue weighted by Gasteiger charge is 2.22. The summed E-state index contributed by atoms with van der Waals surface area (Å²) >= 11 is 0. The van der Waals surface area contributed by atoms with Gasteiger partial charge in [0.25, 0.3) is 0 Å². The lowest BCUT2D eigenvalue weighted by atomic mass is 10.2. The first kappa shape index (κ1) is 17.0. The lowest BCUT2D eigenvalue weighted by Crippen LogP contribution is -2.50. The zero-order chi connectivity index (χ0) is 17.8. The van der Waals surface area contributed by atoms with Crippen molar-refractivity contribution in [3.05, 3.63) is 54.1 Å². The van der Waals surface area contributed by atoms with Crippen molar-refractivity contribution in [3.63, 3.8) is 0 Å². The lowest BCUT2D eigenvalue weighted by Gasteiger charge is -2.36. The SMILES string of the molecule is COc1cccc(NC(=O)N2CCN(c3ccc(F)c(F)c3)CC2)c1. The highest BCUT2D eigenvalue weighted by atomic mass is 19.2. The summed E-state index contributed by atoms with van der Waals surface area (Å²) in [6.07, 6.45) is 0. The first-order valence-electron chi connectivity index (χ1n) is 7.97. The van der Waals surface area contributed by atoms with Gasteiger partial charge in [-0.2, -0.15) is 0 Å². The van der Waals surface area contributed by atoms with E-state index in [4.69, 9.17) is 4.74 Å². The summed E-state index contributed by atoms with van der Waals surface area (Å²) in [6.45, 7) is 2.09. The number of rotatable bonds is 3. The van der Waals surface area contributed by atoms with E-state index in [1.807, 2.05) is 4.90 Å². The second-order valence-electron chi connectivity index (χ2n) is 5.73. The highest BCUT2D eigenvalue weighted by Crippen LogP contribution is 2.21. The van der Waals surface area contributed by atoms with Crippen LogP contribution in [0.4, 0.5) is 25.0 Å². The Morgan fingerprint density at radius 2 is 1.80 bits per heavy atom. The molecule has 3 rings (SSSR count). The number of ether oxygens (including phenoxy) is 1. The maximum atomic E-state index is 13.4. The topological polar surface area (TPSA) is 44.8 Å². The summed E-state index contributed by atoms with van der Waals surface area (Å²) in [5.41, 5.74) is 1.28. The Labute approximate surface area is 144 Å². The van der Waals surface area contributed by atoms with Gasteiger partial charge in [-0.25, -0.2) is 13.6 Å². The summed E-state index contributed by atoms with van der Waals surface area (Å²) in [5.74, 6) is -1.06. The number of hydrogen-bond donors (Lipinski definition) is 1. The minimum Gasteiger partial charge on any atom is -0.497 e. The Morgan fingerprint density at radius 1 is 1.04 bits per heavy atom. The number of nitrogens with one attached hydrogen (secondary N) is 1. The van der Waals surface area contributed by atoms with Crippen molar-refractivity contribution in [1.82, 2.24) is 4.90 Å². The van der Waals surface area contributed by atoms with Gasteiger partial charge in [-0.15, -0.1) is 0 Å². The monoisotopic (exact) mass is 347 g/mol. The van der Waals surface area contributed by atoms with Crippen LogP contribution >= 0.6 is 0 Å². The number of urea groups is 1. The van der Waals surface area contributed by atoms with Crippen LogP contribution in [-0.2, 0) is 0 Å². The minimum atomic E-state index is -0.865. The molecule has 132 valence electrons. The molecule has 1 N–H and O–H groups in total. The normalized spacial score (nSPS) is 14.4. The average Bonchev–Trinajstić information content (AvgIpc) is 2.64. The third-order valence-corrected chi connectivity index (χ3v) is 4.16. The molecule has 5 nitrogen and oxygen atoms in total. The van der Waals surface area contributed by atoms with Gasteiger partial charge in [-0.3, -0.25) is 0 Å². The van der Waals surface area contributed by atoms with E-state index >= 15 is 0 Å². The molecule has 0 aliphatic carbocycles. The number of nitrogens with zero attached hydrogens (tertiary/aromatic N) is 2. The molecule has 1 fully saturated rings. The van der Waals surface area contributed by atoms with Crippen LogP contribution in [0.5, 0.6) is 5.75 Å². The fourth-order valence-corrected chi connectivity index (χ4v) is 2.75. The van der Waals surface area contributed by atoms with E-state index in [1.54, 1.807) is 42.3 Å². The molecule has 1 aliphatic rings. The fourth-order valence-electron chi connectivity index (χ4n) is 2.75. The number of benzene rings is 2. The van der Waals surface area contributed by atoms with E-state index in [0.29, 0.717) is 43.3 Å². The van der Waals surface area contributed by atoms with Crippen molar-refractivity contribution in [2.24, 2.45) is 0 Å². The smallest absolute Gasteiger partial charge is 0.321 e. The summed E-state index contributed by atoms with van der Waals surface area (Å²) in [6, 6.07) is 10.8. The number of hydrogen-bond acceptors (Lipinski definition) is 3. The molecule has 7 heteroatoms. The van der Waals surface area contributed by atoms with Gasteiger partial charge >= 0.3 is 6.03 Å². The van der Waals surface area contributed by atoms with E-state index in [1.165, 1.54) is 6.07 Å². The van der Waals surface area contributed by atoms with Crippen LogP contribution in [-0.4, -0.2) is 44.2 Å². The van der Waals surface area contributed by atoms with Gasteiger partial charge in [-0.05, 0) is 24.3 Å². The van der Waals surface area contributed by atoms with Gasteiger partial charge in [0.2, 0.25) is 0 Å². The molecular weight excluding hydrogens is 328 g/mol. The van der Waals surface area contributed by atoms with Crippen molar-refractivity contribution < 1.29 is 18.3 Å². The zero-order valence-corrected chi connectivity index (χ0v) is 13.8. The predicted molar refractivity (Wildman–Crippen MR) is 92.2 cm³/mol. The summed E-state index contributed by atoms with van der Waals surface area (Å²) in [5, 5.41) is 2.84. The standard InChI is InChI=1S/C18H19F2N3O2/c1-25-15-4-2-3-13(11-15)21-18(24)23-9-7-22(8-10-23)14-5-6-16(19)17(20)12-14/h2-6,11-12H,7-10H2,1H3,(H,21,24). The van der Waals surface area contributed by atoms with Crippen LogP contribution in [0.3, 0.4) is 0 Å². The number of anilines is 2. The molecule has 1 heterocycles. The molecule has 0 spiro atoms. The molecule has 0 saturated carbocycles. The number of piperazine rings is 1. The van der Waals surface area contributed by atoms with Gasteiger partial charge in [0, 0.05) is 49.7 Å². The molecule has 0 bridgehead atoms. The van der Waals surface area contributed by atoms with E-state index < -0.39 is 11.6 Å². The number of halogens is 2. The Bertz CT molecular complexity index is 762. The van der Waals surface area contributed by atoms with Crippen LogP contribution in [0.1, 0.15) is 0 Å². The van der Waals surface area contributed by atoms with E-state index in [-0.39, 0.29) is 6.03 Å². The third-order valence-electron chi connectivity index (χ3n) is 4.16.